The number of hydrogen-bond acceptors (Lipinski definition) is 3. The van der Waals surface area contributed by atoms with Crippen LogP contribution in [0.3, 0.4) is 0 Å². The Morgan fingerprint density at radius 2 is 0.941 bits per heavy atom. The molecule has 0 spiro atoms. The molecule has 0 fully saturated rings. The number of hydrogen-bond donors (Lipinski definition) is 0. The molecule has 0 aliphatic heterocycles. The van der Waals surface area contributed by atoms with Gasteiger partial charge in [0.25, 0.3) is 0 Å². The van der Waals surface area contributed by atoms with Crippen LogP contribution >= 0.6 is 0 Å². The number of unbranched alkanes of at least 4 members (excludes halogenated alkanes) is 16. The fraction of sp³-hybridized carbons (Fsp3) is 0.710. The van der Waals surface area contributed by atoms with Crippen LogP contribution in [0.4, 0.5) is 0 Å². The third kappa shape index (κ3) is 13.2. The maximum absolute atomic E-state index is 4.66. The van der Waals surface area contributed by atoms with Gasteiger partial charge in [0.15, 0.2) is 5.82 Å². The Morgan fingerprint density at radius 3 is 1.41 bits per heavy atom. The van der Waals surface area contributed by atoms with Crippen molar-refractivity contribution in [3.05, 3.63) is 42.0 Å². The van der Waals surface area contributed by atoms with E-state index < -0.39 is 0 Å². The second-order valence-corrected chi connectivity index (χ2v) is 10.1. The molecule has 3 nitrogen and oxygen atoms in total. The summed E-state index contributed by atoms with van der Waals surface area (Å²) in [5.41, 5.74) is 3.46. The molecule has 0 atom stereocenters. The van der Waals surface area contributed by atoms with Crippen molar-refractivity contribution in [2.45, 2.75) is 142 Å². The van der Waals surface area contributed by atoms with Gasteiger partial charge in [-0.25, -0.2) is 9.97 Å². The average Bonchev–Trinajstić information content (AvgIpc) is 2.87. The largest absolute Gasteiger partial charge is 0.261 e. The highest BCUT2D eigenvalue weighted by atomic mass is 14.9. The van der Waals surface area contributed by atoms with Crippen molar-refractivity contribution in [3.8, 4) is 11.4 Å². The summed E-state index contributed by atoms with van der Waals surface area (Å²) in [6.45, 7) is 4.56. The molecule has 2 aromatic rings. The van der Waals surface area contributed by atoms with Crippen molar-refractivity contribution in [1.29, 1.82) is 0 Å². The van der Waals surface area contributed by atoms with Gasteiger partial charge >= 0.3 is 0 Å². The van der Waals surface area contributed by atoms with Gasteiger partial charge in [0, 0.05) is 29.8 Å². The molecule has 0 N–H and O–H groups in total. The fourth-order valence-corrected chi connectivity index (χ4v) is 4.59. The number of aryl methyl sites for hydroxylation is 2. The Morgan fingerprint density at radius 1 is 0.471 bits per heavy atom. The van der Waals surface area contributed by atoms with E-state index in [0.29, 0.717) is 0 Å². The molecular weight excluding hydrogens is 414 g/mol. The molecule has 0 aromatic carbocycles. The van der Waals surface area contributed by atoms with E-state index in [-0.39, 0.29) is 0 Å². The van der Waals surface area contributed by atoms with Crippen molar-refractivity contribution >= 4 is 0 Å². The fourth-order valence-electron chi connectivity index (χ4n) is 4.59. The second kappa shape index (κ2) is 19.5. The highest BCUT2D eigenvalue weighted by molar-refractivity contribution is 5.53. The third-order valence-corrected chi connectivity index (χ3v) is 6.89. The van der Waals surface area contributed by atoms with Crippen LogP contribution in [0.5, 0.6) is 0 Å². The quantitative estimate of drug-likeness (QED) is 0.172. The Bertz CT molecular complexity index is 708. The first-order chi connectivity index (χ1) is 16.8. The van der Waals surface area contributed by atoms with Gasteiger partial charge in [0.1, 0.15) is 0 Å². The van der Waals surface area contributed by atoms with Crippen molar-refractivity contribution in [2.75, 3.05) is 0 Å². The number of pyridine rings is 1. The van der Waals surface area contributed by atoms with E-state index in [9.17, 15) is 0 Å². The summed E-state index contributed by atoms with van der Waals surface area (Å²) in [6, 6.07) is 4.28. The van der Waals surface area contributed by atoms with Crippen molar-refractivity contribution in [2.24, 2.45) is 0 Å². The van der Waals surface area contributed by atoms with Crippen molar-refractivity contribution in [3.63, 3.8) is 0 Å². The lowest BCUT2D eigenvalue weighted by Gasteiger charge is -2.05. The molecule has 2 heterocycles. The monoisotopic (exact) mass is 465 g/mol. The normalized spacial score (nSPS) is 11.2. The summed E-state index contributed by atoms with van der Waals surface area (Å²) in [4.78, 5) is 13.9. The summed E-state index contributed by atoms with van der Waals surface area (Å²) < 4.78 is 0. The van der Waals surface area contributed by atoms with Crippen LogP contribution in [0.1, 0.15) is 141 Å². The SMILES string of the molecule is CCCCCCCCCCCCc1cnc(-c2ccc(CCCCCCCCCC)nc2)nc1. The van der Waals surface area contributed by atoms with Crippen LogP contribution in [0.15, 0.2) is 30.7 Å². The van der Waals surface area contributed by atoms with Crippen LogP contribution < -0.4 is 0 Å². The van der Waals surface area contributed by atoms with E-state index in [1.807, 2.05) is 18.6 Å². The van der Waals surface area contributed by atoms with Gasteiger partial charge in [-0.2, -0.15) is 0 Å². The summed E-state index contributed by atoms with van der Waals surface area (Å²) in [7, 11) is 0. The lowest BCUT2D eigenvalue weighted by molar-refractivity contribution is 0.556. The van der Waals surface area contributed by atoms with E-state index in [0.717, 1.165) is 24.2 Å². The van der Waals surface area contributed by atoms with Gasteiger partial charge in [0.2, 0.25) is 0 Å². The van der Waals surface area contributed by atoms with E-state index in [1.165, 1.54) is 127 Å². The van der Waals surface area contributed by atoms with E-state index in [1.54, 1.807) is 0 Å². The average molecular weight is 466 g/mol. The summed E-state index contributed by atoms with van der Waals surface area (Å²) in [5, 5.41) is 0. The highest BCUT2D eigenvalue weighted by Crippen LogP contribution is 2.17. The Hall–Kier alpha value is -1.77. The molecule has 34 heavy (non-hydrogen) atoms. The first kappa shape index (κ1) is 28.5. The molecular formula is C31H51N3. The van der Waals surface area contributed by atoms with Crippen LogP contribution in [-0.4, -0.2) is 15.0 Å². The molecule has 3 heteroatoms. The minimum Gasteiger partial charge on any atom is -0.261 e. The smallest absolute Gasteiger partial charge is 0.160 e. The molecule has 0 radical (unpaired) electrons. The van der Waals surface area contributed by atoms with Gasteiger partial charge < -0.3 is 0 Å². The zero-order valence-corrected chi connectivity index (χ0v) is 22.4. The maximum atomic E-state index is 4.66. The van der Waals surface area contributed by atoms with Gasteiger partial charge in [-0.3, -0.25) is 4.98 Å². The molecule has 0 aliphatic rings. The van der Waals surface area contributed by atoms with Crippen molar-refractivity contribution < 1.29 is 0 Å². The van der Waals surface area contributed by atoms with E-state index in [2.05, 4.69) is 40.9 Å². The molecule has 0 aliphatic carbocycles. The molecule has 2 aromatic heterocycles. The van der Waals surface area contributed by atoms with Gasteiger partial charge in [0.05, 0.1) is 0 Å². The zero-order chi connectivity index (χ0) is 24.1. The van der Waals surface area contributed by atoms with Crippen LogP contribution in [-0.2, 0) is 12.8 Å². The predicted octanol–water partition coefficient (Wildman–Crippen LogP) is 9.69. The molecule has 2 rings (SSSR count). The minimum atomic E-state index is 0.790. The van der Waals surface area contributed by atoms with Gasteiger partial charge in [-0.05, 0) is 43.4 Å². The molecule has 0 bridgehead atoms. The predicted molar refractivity (Wildman–Crippen MR) is 147 cm³/mol. The van der Waals surface area contributed by atoms with Crippen molar-refractivity contribution in [1.82, 2.24) is 15.0 Å². The Balaban J connectivity index is 1.56. The Kier molecular flexibility index (Phi) is 16.3. The first-order valence-electron chi connectivity index (χ1n) is 14.6. The number of rotatable bonds is 21. The summed E-state index contributed by atoms with van der Waals surface area (Å²) >= 11 is 0. The van der Waals surface area contributed by atoms with Gasteiger partial charge in [-0.15, -0.1) is 0 Å². The lowest BCUT2D eigenvalue weighted by Crippen LogP contribution is -1.95. The topological polar surface area (TPSA) is 38.7 Å². The first-order valence-corrected chi connectivity index (χ1v) is 14.6. The summed E-state index contributed by atoms with van der Waals surface area (Å²) in [5.74, 6) is 0.790. The number of aromatic nitrogens is 3. The Labute approximate surface area is 210 Å². The second-order valence-electron chi connectivity index (χ2n) is 10.1. The van der Waals surface area contributed by atoms with Gasteiger partial charge in [-0.1, -0.05) is 117 Å². The standard InChI is InChI=1S/C31H51N3/c1-3-5-7-9-11-13-14-15-17-19-21-28-25-33-31(34-26-28)29-23-24-30(32-27-29)22-20-18-16-12-10-8-6-4-2/h23-27H,3-22H2,1-2H3. The molecule has 190 valence electrons. The third-order valence-electron chi connectivity index (χ3n) is 6.89. The minimum absolute atomic E-state index is 0.790. The maximum Gasteiger partial charge on any atom is 0.160 e. The lowest BCUT2D eigenvalue weighted by atomic mass is 10.0. The van der Waals surface area contributed by atoms with Crippen LogP contribution in [0.2, 0.25) is 0 Å². The van der Waals surface area contributed by atoms with Crippen LogP contribution in [0, 0.1) is 0 Å². The van der Waals surface area contributed by atoms with Crippen LogP contribution in [0.25, 0.3) is 11.4 Å². The molecule has 0 saturated carbocycles. The van der Waals surface area contributed by atoms with E-state index in [4.69, 9.17) is 0 Å². The van der Waals surface area contributed by atoms with E-state index >= 15 is 0 Å². The summed E-state index contributed by atoms with van der Waals surface area (Å²) in [6.07, 6.45) is 32.7. The molecule has 0 amide bonds. The zero-order valence-electron chi connectivity index (χ0n) is 22.4. The molecule has 0 saturated heterocycles. The number of nitrogens with zero attached hydrogens (tertiary/aromatic N) is 3. The highest BCUT2D eigenvalue weighted by Gasteiger charge is 2.04. The molecule has 0 unspecified atom stereocenters.